The van der Waals surface area contributed by atoms with Gasteiger partial charge in [-0.1, -0.05) is 37.3 Å². The van der Waals surface area contributed by atoms with E-state index in [1.807, 2.05) is 0 Å². The summed E-state index contributed by atoms with van der Waals surface area (Å²) in [5, 5.41) is 3.75. The molecule has 1 saturated heterocycles. The SMILES string of the molecule is CC1CC1CN1CC(C)(c2ccccc2)NCC1C. The maximum absolute atomic E-state index is 3.75. The predicted octanol–water partition coefficient (Wildman–Crippen LogP) is 2.85. The third-order valence-corrected chi connectivity index (χ3v) is 5.09. The number of piperazine rings is 1. The molecule has 1 saturated carbocycles. The molecular formula is C17H26N2. The van der Waals surface area contributed by atoms with E-state index >= 15 is 0 Å². The van der Waals surface area contributed by atoms with Crippen LogP contribution in [0.25, 0.3) is 0 Å². The van der Waals surface area contributed by atoms with E-state index in [9.17, 15) is 0 Å². The third-order valence-electron chi connectivity index (χ3n) is 5.09. The second-order valence-corrected chi connectivity index (χ2v) is 6.83. The lowest BCUT2D eigenvalue weighted by molar-refractivity contribution is 0.0888. The fourth-order valence-corrected chi connectivity index (χ4v) is 3.32. The van der Waals surface area contributed by atoms with Gasteiger partial charge in [0, 0.05) is 25.7 Å². The Morgan fingerprint density at radius 2 is 1.95 bits per heavy atom. The van der Waals surface area contributed by atoms with Gasteiger partial charge in [-0.05, 0) is 37.7 Å². The highest BCUT2D eigenvalue weighted by Gasteiger charge is 2.40. The van der Waals surface area contributed by atoms with E-state index in [-0.39, 0.29) is 5.54 Å². The Balaban J connectivity index is 1.73. The van der Waals surface area contributed by atoms with Crippen molar-refractivity contribution in [3.8, 4) is 0 Å². The highest BCUT2D eigenvalue weighted by atomic mass is 15.3. The number of benzene rings is 1. The maximum Gasteiger partial charge on any atom is 0.0535 e. The van der Waals surface area contributed by atoms with Crippen molar-refractivity contribution in [2.45, 2.75) is 38.8 Å². The Labute approximate surface area is 117 Å². The van der Waals surface area contributed by atoms with Gasteiger partial charge in [0.25, 0.3) is 0 Å². The van der Waals surface area contributed by atoms with Crippen molar-refractivity contribution in [3.63, 3.8) is 0 Å². The summed E-state index contributed by atoms with van der Waals surface area (Å²) in [7, 11) is 0. The van der Waals surface area contributed by atoms with Crippen molar-refractivity contribution < 1.29 is 0 Å². The standard InChI is InChI=1S/C17H26N2/c1-13-9-15(13)11-19-12-17(3,18-10-14(19)2)16-7-5-4-6-8-16/h4-8,13-15,18H,9-12H2,1-3H3. The predicted molar refractivity (Wildman–Crippen MR) is 80.1 cm³/mol. The monoisotopic (exact) mass is 258 g/mol. The molecule has 2 heteroatoms. The van der Waals surface area contributed by atoms with E-state index in [2.05, 4.69) is 61.3 Å². The molecule has 104 valence electrons. The third kappa shape index (κ3) is 2.70. The van der Waals surface area contributed by atoms with Crippen molar-refractivity contribution in [1.29, 1.82) is 0 Å². The van der Waals surface area contributed by atoms with E-state index in [0.717, 1.165) is 24.9 Å². The van der Waals surface area contributed by atoms with Crippen molar-refractivity contribution in [2.75, 3.05) is 19.6 Å². The molecule has 0 spiro atoms. The van der Waals surface area contributed by atoms with Crippen LogP contribution in [0.1, 0.15) is 32.8 Å². The molecule has 1 aromatic rings. The van der Waals surface area contributed by atoms with Crippen molar-refractivity contribution in [3.05, 3.63) is 35.9 Å². The molecular weight excluding hydrogens is 232 g/mol. The molecule has 0 aromatic heterocycles. The number of hydrogen-bond acceptors (Lipinski definition) is 2. The highest BCUT2D eigenvalue weighted by Crippen LogP contribution is 2.39. The Morgan fingerprint density at radius 1 is 1.26 bits per heavy atom. The molecule has 0 bridgehead atoms. The minimum atomic E-state index is 0.103. The Morgan fingerprint density at radius 3 is 2.58 bits per heavy atom. The first-order valence-electron chi connectivity index (χ1n) is 7.63. The number of nitrogens with one attached hydrogen (secondary N) is 1. The summed E-state index contributed by atoms with van der Waals surface area (Å²) in [6.07, 6.45) is 1.43. The van der Waals surface area contributed by atoms with E-state index in [0.29, 0.717) is 6.04 Å². The Kier molecular flexibility index (Phi) is 3.40. The van der Waals surface area contributed by atoms with Gasteiger partial charge in [0.15, 0.2) is 0 Å². The molecule has 4 unspecified atom stereocenters. The van der Waals surface area contributed by atoms with E-state index in [1.54, 1.807) is 0 Å². The largest absolute Gasteiger partial charge is 0.305 e. The molecule has 2 nitrogen and oxygen atoms in total. The van der Waals surface area contributed by atoms with Gasteiger partial charge in [0.2, 0.25) is 0 Å². The topological polar surface area (TPSA) is 15.3 Å². The molecule has 2 aliphatic rings. The van der Waals surface area contributed by atoms with E-state index in [1.165, 1.54) is 18.5 Å². The molecule has 0 amide bonds. The Bertz CT molecular complexity index is 430. The van der Waals surface area contributed by atoms with Crippen LogP contribution in [0.4, 0.5) is 0 Å². The molecule has 19 heavy (non-hydrogen) atoms. The molecule has 1 aliphatic carbocycles. The first-order chi connectivity index (χ1) is 9.08. The van der Waals surface area contributed by atoms with Gasteiger partial charge in [-0.25, -0.2) is 0 Å². The number of hydrogen-bond donors (Lipinski definition) is 1. The zero-order valence-electron chi connectivity index (χ0n) is 12.4. The highest BCUT2D eigenvalue weighted by molar-refractivity contribution is 5.25. The van der Waals surface area contributed by atoms with Gasteiger partial charge >= 0.3 is 0 Å². The smallest absolute Gasteiger partial charge is 0.0535 e. The minimum Gasteiger partial charge on any atom is -0.305 e. The Hall–Kier alpha value is -0.860. The average Bonchev–Trinajstić information content (AvgIpc) is 3.11. The zero-order chi connectivity index (χ0) is 13.5. The lowest BCUT2D eigenvalue weighted by atomic mass is 9.88. The van der Waals surface area contributed by atoms with Gasteiger partial charge in [-0.2, -0.15) is 0 Å². The summed E-state index contributed by atoms with van der Waals surface area (Å²) in [6, 6.07) is 11.6. The summed E-state index contributed by atoms with van der Waals surface area (Å²) >= 11 is 0. The maximum atomic E-state index is 3.75. The van der Waals surface area contributed by atoms with Crippen LogP contribution < -0.4 is 5.32 Å². The number of rotatable bonds is 3. The molecule has 1 aromatic carbocycles. The van der Waals surface area contributed by atoms with Gasteiger partial charge in [0.1, 0.15) is 0 Å². The first-order valence-corrected chi connectivity index (χ1v) is 7.63. The lowest BCUT2D eigenvalue weighted by Gasteiger charge is -2.45. The summed E-state index contributed by atoms with van der Waals surface area (Å²) in [5.74, 6) is 1.89. The lowest BCUT2D eigenvalue weighted by Crippen LogP contribution is -2.60. The summed E-state index contributed by atoms with van der Waals surface area (Å²) in [5.41, 5.74) is 1.52. The average molecular weight is 258 g/mol. The molecule has 2 fully saturated rings. The zero-order valence-corrected chi connectivity index (χ0v) is 12.4. The van der Waals surface area contributed by atoms with Crippen LogP contribution in [-0.2, 0) is 5.54 Å². The minimum absolute atomic E-state index is 0.103. The van der Waals surface area contributed by atoms with Gasteiger partial charge in [-0.15, -0.1) is 0 Å². The fourth-order valence-electron chi connectivity index (χ4n) is 3.32. The molecule has 1 aliphatic heterocycles. The normalized spacial score (nSPS) is 39.2. The second-order valence-electron chi connectivity index (χ2n) is 6.83. The van der Waals surface area contributed by atoms with Crippen LogP contribution in [0.15, 0.2) is 30.3 Å². The van der Waals surface area contributed by atoms with Crippen LogP contribution in [0.3, 0.4) is 0 Å². The molecule has 1 N–H and O–H groups in total. The van der Waals surface area contributed by atoms with Gasteiger partial charge in [-0.3, -0.25) is 4.90 Å². The summed E-state index contributed by atoms with van der Waals surface area (Å²) in [4.78, 5) is 2.69. The van der Waals surface area contributed by atoms with Crippen LogP contribution in [0.2, 0.25) is 0 Å². The van der Waals surface area contributed by atoms with Crippen LogP contribution in [-0.4, -0.2) is 30.6 Å². The van der Waals surface area contributed by atoms with Crippen molar-refractivity contribution in [2.24, 2.45) is 11.8 Å². The number of nitrogens with zero attached hydrogens (tertiary/aromatic N) is 1. The van der Waals surface area contributed by atoms with Crippen molar-refractivity contribution >= 4 is 0 Å². The molecule has 1 heterocycles. The summed E-state index contributed by atoms with van der Waals surface area (Å²) < 4.78 is 0. The molecule has 3 rings (SSSR count). The van der Waals surface area contributed by atoms with Crippen LogP contribution >= 0.6 is 0 Å². The van der Waals surface area contributed by atoms with Gasteiger partial charge < -0.3 is 5.32 Å². The van der Waals surface area contributed by atoms with Crippen LogP contribution in [0.5, 0.6) is 0 Å². The molecule has 0 radical (unpaired) electrons. The van der Waals surface area contributed by atoms with Gasteiger partial charge in [0.05, 0.1) is 5.54 Å². The second kappa shape index (κ2) is 4.92. The quantitative estimate of drug-likeness (QED) is 0.897. The molecule has 4 atom stereocenters. The van der Waals surface area contributed by atoms with E-state index < -0.39 is 0 Å². The van der Waals surface area contributed by atoms with Crippen molar-refractivity contribution in [1.82, 2.24) is 10.2 Å². The summed E-state index contributed by atoms with van der Waals surface area (Å²) in [6.45, 7) is 10.6. The van der Waals surface area contributed by atoms with Crippen LogP contribution in [0, 0.1) is 11.8 Å². The van der Waals surface area contributed by atoms with E-state index in [4.69, 9.17) is 0 Å². The fraction of sp³-hybridized carbons (Fsp3) is 0.647. The first kappa shape index (κ1) is 13.1.